The van der Waals surface area contributed by atoms with E-state index in [0.717, 1.165) is 42.8 Å². The van der Waals surface area contributed by atoms with Crippen LogP contribution in [0.5, 0.6) is 0 Å². The van der Waals surface area contributed by atoms with Gasteiger partial charge in [0.05, 0.1) is 5.52 Å². The third-order valence-corrected chi connectivity index (χ3v) is 4.98. The van der Waals surface area contributed by atoms with Crippen molar-refractivity contribution < 1.29 is 0 Å². The number of aryl methyl sites for hydroxylation is 5. The molecule has 0 unspecified atom stereocenters. The van der Waals surface area contributed by atoms with E-state index in [4.69, 9.17) is 16.5 Å². The summed E-state index contributed by atoms with van der Waals surface area (Å²) in [6.07, 6.45) is 5.47. The zero-order valence-electron chi connectivity index (χ0n) is 14.0. The second kappa shape index (κ2) is 5.82. The topological polar surface area (TPSA) is 82.8 Å². The van der Waals surface area contributed by atoms with Crippen LogP contribution in [0.15, 0.2) is 24.3 Å². The van der Waals surface area contributed by atoms with Gasteiger partial charge >= 0.3 is 0 Å². The fraction of sp³-hybridized carbons (Fsp3) is 0.368. The third kappa shape index (κ3) is 2.50. The van der Waals surface area contributed by atoms with E-state index in [2.05, 4.69) is 28.6 Å². The van der Waals surface area contributed by atoms with E-state index in [1.807, 2.05) is 12.1 Å². The van der Waals surface area contributed by atoms with Gasteiger partial charge in [-0.05, 0) is 62.3 Å². The van der Waals surface area contributed by atoms with Crippen LogP contribution in [0.1, 0.15) is 35.5 Å². The number of anilines is 2. The number of rotatable bonds is 3. The Kier molecular flexibility index (Phi) is 3.63. The Morgan fingerprint density at radius 2 is 1.79 bits per heavy atom. The average Bonchev–Trinajstić information content (AvgIpc) is 2.92. The molecule has 124 valence electrons. The van der Waals surface area contributed by atoms with Gasteiger partial charge in [-0.15, -0.1) is 0 Å². The normalized spacial score (nSPS) is 14.0. The lowest BCUT2D eigenvalue weighted by Gasteiger charge is -2.18. The van der Waals surface area contributed by atoms with E-state index in [1.165, 1.54) is 35.2 Å². The Morgan fingerprint density at radius 1 is 1.04 bits per heavy atom. The molecule has 0 fully saturated rings. The molecule has 2 aromatic heterocycles. The van der Waals surface area contributed by atoms with Gasteiger partial charge in [-0.2, -0.15) is 0 Å². The summed E-state index contributed by atoms with van der Waals surface area (Å²) >= 11 is 0. The third-order valence-electron chi connectivity index (χ3n) is 4.98. The average molecular weight is 321 g/mol. The molecule has 0 saturated carbocycles. The van der Waals surface area contributed by atoms with Gasteiger partial charge in [0.1, 0.15) is 11.3 Å². The summed E-state index contributed by atoms with van der Waals surface area (Å²) in [4.78, 5) is 9.31. The number of hydrogen-bond acceptors (Lipinski definition) is 4. The summed E-state index contributed by atoms with van der Waals surface area (Å²) in [7, 11) is 0. The van der Waals surface area contributed by atoms with Crippen molar-refractivity contribution in [1.82, 2.24) is 14.5 Å². The predicted octanol–water partition coefficient (Wildman–Crippen LogP) is 3.03. The molecule has 5 heteroatoms. The number of nitrogens with two attached hydrogens (primary N) is 2. The highest BCUT2D eigenvalue weighted by molar-refractivity contribution is 5.89. The summed E-state index contributed by atoms with van der Waals surface area (Å²) in [5, 5.41) is 0. The number of fused-ring (bicyclic) bond motifs is 3. The van der Waals surface area contributed by atoms with Crippen LogP contribution in [0, 0.1) is 6.92 Å². The first-order chi connectivity index (χ1) is 11.6. The van der Waals surface area contributed by atoms with E-state index in [9.17, 15) is 0 Å². The van der Waals surface area contributed by atoms with Crippen LogP contribution in [-0.4, -0.2) is 14.5 Å². The van der Waals surface area contributed by atoms with Gasteiger partial charge in [-0.3, -0.25) is 0 Å². The van der Waals surface area contributed by atoms with Gasteiger partial charge in [-0.25, -0.2) is 9.97 Å². The minimum Gasteiger partial charge on any atom is -0.399 e. The maximum Gasteiger partial charge on any atom is 0.151 e. The molecule has 1 aromatic carbocycles. The molecule has 0 atom stereocenters. The number of benzene rings is 1. The lowest BCUT2D eigenvalue weighted by Crippen LogP contribution is -2.11. The first kappa shape index (κ1) is 15.0. The number of aromatic nitrogens is 3. The van der Waals surface area contributed by atoms with Crippen molar-refractivity contribution in [3.63, 3.8) is 0 Å². The van der Waals surface area contributed by atoms with Gasteiger partial charge < -0.3 is 16.0 Å². The van der Waals surface area contributed by atoms with Crippen molar-refractivity contribution in [2.24, 2.45) is 0 Å². The molecule has 1 aliphatic rings. The van der Waals surface area contributed by atoms with E-state index in [-0.39, 0.29) is 0 Å². The fourth-order valence-corrected chi connectivity index (χ4v) is 3.71. The first-order valence-electron chi connectivity index (χ1n) is 8.62. The molecule has 0 saturated heterocycles. The van der Waals surface area contributed by atoms with Crippen LogP contribution in [0.25, 0.3) is 11.0 Å². The zero-order chi connectivity index (χ0) is 16.7. The van der Waals surface area contributed by atoms with E-state index < -0.39 is 0 Å². The molecule has 2 heterocycles. The van der Waals surface area contributed by atoms with Crippen molar-refractivity contribution in [3.8, 4) is 0 Å². The van der Waals surface area contributed by atoms with Crippen LogP contribution in [-0.2, 0) is 25.8 Å². The molecular formula is C19H23N5. The molecule has 4 rings (SSSR count). The van der Waals surface area contributed by atoms with Crippen LogP contribution < -0.4 is 11.5 Å². The van der Waals surface area contributed by atoms with Crippen molar-refractivity contribution in [1.29, 1.82) is 0 Å². The molecule has 0 spiro atoms. The van der Waals surface area contributed by atoms with Gasteiger partial charge in [0, 0.05) is 17.9 Å². The summed E-state index contributed by atoms with van der Waals surface area (Å²) in [5.74, 6) is 1.58. The van der Waals surface area contributed by atoms with Crippen molar-refractivity contribution in [2.45, 2.75) is 45.6 Å². The SMILES string of the molecule is Cc1nc2c(N)nc3c(c2n1CCc1ccc(N)cc1)CCCC3. The summed E-state index contributed by atoms with van der Waals surface area (Å²) in [6, 6.07) is 8.10. The number of pyridine rings is 1. The molecule has 1 aliphatic carbocycles. The standard InChI is InChI=1S/C19H23N5/c1-12-22-17-18(15-4-2-3-5-16(15)23-19(17)21)24(12)11-10-13-6-8-14(20)9-7-13/h6-9H,2-5,10-11,20H2,1H3,(H2,21,23). The Balaban J connectivity index is 1.75. The highest BCUT2D eigenvalue weighted by atomic mass is 15.1. The highest BCUT2D eigenvalue weighted by Gasteiger charge is 2.21. The molecule has 24 heavy (non-hydrogen) atoms. The van der Waals surface area contributed by atoms with Crippen LogP contribution >= 0.6 is 0 Å². The second-order valence-corrected chi connectivity index (χ2v) is 6.63. The monoisotopic (exact) mass is 321 g/mol. The van der Waals surface area contributed by atoms with E-state index in [1.54, 1.807) is 0 Å². The smallest absolute Gasteiger partial charge is 0.151 e. The molecule has 4 N–H and O–H groups in total. The highest BCUT2D eigenvalue weighted by Crippen LogP contribution is 2.31. The second-order valence-electron chi connectivity index (χ2n) is 6.63. The van der Waals surface area contributed by atoms with Crippen molar-refractivity contribution in [3.05, 3.63) is 46.9 Å². The fourth-order valence-electron chi connectivity index (χ4n) is 3.71. The Hall–Kier alpha value is -2.56. The van der Waals surface area contributed by atoms with Crippen molar-refractivity contribution in [2.75, 3.05) is 11.5 Å². The van der Waals surface area contributed by atoms with Crippen LogP contribution in [0.3, 0.4) is 0 Å². The van der Waals surface area contributed by atoms with Gasteiger partial charge in [0.25, 0.3) is 0 Å². The minimum absolute atomic E-state index is 0.569. The summed E-state index contributed by atoms with van der Waals surface area (Å²) in [5.41, 5.74) is 18.6. The minimum atomic E-state index is 0.569. The quantitative estimate of drug-likeness (QED) is 0.726. The maximum atomic E-state index is 6.19. The lowest BCUT2D eigenvalue weighted by atomic mass is 9.95. The molecule has 0 bridgehead atoms. The summed E-state index contributed by atoms with van der Waals surface area (Å²) in [6.45, 7) is 2.94. The number of nitrogen functional groups attached to an aromatic ring is 2. The number of nitrogens with zero attached hydrogens (tertiary/aromatic N) is 3. The molecule has 0 radical (unpaired) electrons. The van der Waals surface area contributed by atoms with Crippen LogP contribution in [0.4, 0.5) is 11.5 Å². The van der Waals surface area contributed by atoms with Gasteiger partial charge in [0.15, 0.2) is 5.82 Å². The van der Waals surface area contributed by atoms with Crippen molar-refractivity contribution >= 4 is 22.5 Å². The lowest BCUT2D eigenvalue weighted by molar-refractivity contribution is 0.657. The number of hydrogen-bond donors (Lipinski definition) is 2. The molecule has 0 amide bonds. The molecule has 5 nitrogen and oxygen atoms in total. The Labute approximate surface area is 141 Å². The van der Waals surface area contributed by atoms with E-state index >= 15 is 0 Å². The molecular weight excluding hydrogens is 298 g/mol. The van der Waals surface area contributed by atoms with E-state index in [0.29, 0.717) is 5.82 Å². The first-order valence-corrected chi connectivity index (χ1v) is 8.62. The predicted molar refractivity (Wildman–Crippen MR) is 97.9 cm³/mol. The Morgan fingerprint density at radius 3 is 2.58 bits per heavy atom. The maximum absolute atomic E-state index is 6.19. The molecule has 0 aliphatic heterocycles. The van der Waals surface area contributed by atoms with Gasteiger partial charge in [-0.1, -0.05) is 12.1 Å². The Bertz CT molecular complexity index is 893. The zero-order valence-corrected chi connectivity index (χ0v) is 14.0. The molecule has 3 aromatic rings. The summed E-state index contributed by atoms with van der Waals surface area (Å²) < 4.78 is 2.31. The largest absolute Gasteiger partial charge is 0.399 e. The van der Waals surface area contributed by atoms with Crippen LogP contribution in [0.2, 0.25) is 0 Å². The van der Waals surface area contributed by atoms with Gasteiger partial charge in [0.2, 0.25) is 0 Å². The number of imidazole rings is 1.